The molecule has 0 spiro atoms. The van der Waals surface area contributed by atoms with E-state index in [0.717, 1.165) is 6.92 Å². The van der Waals surface area contributed by atoms with Gasteiger partial charge in [0.2, 0.25) is 0 Å². The Kier molecular flexibility index (Phi) is 3.02. The Hall–Kier alpha value is -0.810. The first-order valence-electron chi connectivity index (χ1n) is 6.14. The first-order valence-corrected chi connectivity index (χ1v) is 4.64. The Morgan fingerprint density at radius 3 is 2.40 bits per heavy atom. The minimum Gasteiger partial charge on any atom is -0.444 e. The van der Waals surface area contributed by atoms with Crippen molar-refractivity contribution >= 4 is 6.09 Å². The van der Waals surface area contributed by atoms with Gasteiger partial charge < -0.3 is 20.3 Å². The average molecular weight is 222 g/mol. The van der Waals surface area contributed by atoms with E-state index in [9.17, 15) is 9.90 Å². The number of ether oxygens (including phenoxy) is 1. The molecule has 0 aliphatic carbocycles. The number of carbonyl (C=O) groups is 1. The summed E-state index contributed by atoms with van der Waals surface area (Å²) in [7, 11) is 0. The lowest BCUT2D eigenvalue weighted by atomic mass is 10.0. The third-order valence-electron chi connectivity index (χ3n) is 1.55. The summed E-state index contributed by atoms with van der Waals surface area (Å²) < 4.78 is 26.4. The molecule has 5 heteroatoms. The van der Waals surface area contributed by atoms with Gasteiger partial charge in [-0.25, -0.2) is 4.79 Å². The van der Waals surface area contributed by atoms with Gasteiger partial charge in [0, 0.05) is 4.11 Å². The van der Waals surface area contributed by atoms with Crippen molar-refractivity contribution in [1.29, 1.82) is 0 Å². The van der Waals surface area contributed by atoms with Crippen LogP contribution in [0.5, 0.6) is 0 Å². The molecule has 0 aliphatic rings. The number of carbonyl (C=O) groups excluding carboxylic acids is 1. The molecular weight excluding hydrogens is 198 g/mol. The molecule has 0 aromatic heterocycles. The molecule has 15 heavy (non-hydrogen) atoms. The number of aliphatic hydroxyl groups is 2. The van der Waals surface area contributed by atoms with Gasteiger partial charge >= 0.3 is 6.09 Å². The summed E-state index contributed by atoms with van der Waals surface area (Å²) in [6, 6.07) is -1.35. The van der Waals surface area contributed by atoms with Crippen LogP contribution in [0.2, 0.25) is 0 Å². The normalized spacial score (nSPS) is 21.6. The zero-order valence-electron chi connectivity index (χ0n) is 12.5. The molecule has 3 N–H and O–H groups in total. The van der Waals surface area contributed by atoms with Crippen molar-refractivity contribution in [1.82, 2.24) is 5.32 Å². The molecular formula is C10H21NO4. The molecule has 2 atom stereocenters. The number of alkyl carbamates (subject to hydrolysis) is 1. The summed E-state index contributed by atoms with van der Waals surface area (Å²) in [6.45, 7) is 2.49. The Morgan fingerprint density at radius 1 is 1.53 bits per heavy atom. The minimum atomic E-state index is -2.74. The third-order valence-corrected chi connectivity index (χ3v) is 1.55. The molecule has 0 rings (SSSR count). The molecule has 0 fully saturated rings. The number of nitrogens with one attached hydrogen (secondary N) is 1. The maximum absolute atomic E-state index is 11.5. The van der Waals surface area contributed by atoms with Crippen LogP contribution in [-0.4, -0.2) is 40.2 Å². The van der Waals surface area contributed by atoms with Gasteiger partial charge in [-0.1, -0.05) is 0 Å². The topological polar surface area (TPSA) is 78.8 Å². The SMILES string of the molecule is [2H]C([2H])([2H])[C@@](C)(O)[C@@H](CO)NC(=O)OC(C)(C)C. The van der Waals surface area contributed by atoms with E-state index < -0.39 is 36.8 Å². The maximum Gasteiger partial charge on any atom is 0.408 e. The van der Waals surface area contributed by atoms with Crippen LogP contribution in [0.4, 0.5) is 4.79 Å². The van der Waals surface area contributed by atoms with Gasteiger partial charge in [-0.05, 0) is 34.5 Å². The molecule has 0 aromatic rings. The van der Waals surface area contributed by atoms with Gasteiger partial charge in [0.05, 0.1) is 18.2 Å². The molecule has 0 bridgehead atoms. The molecule has 0 heterocycles. The van der Waals surface area contributed by atoms with Crippen molar-refractivity contribution < 1.29 is 23.9 Å². The molecule has 90 valence electrons. The van der Waals surface area contributed by atoms with E-state index in [1.165, 1.54) is 0 Å². The molecule has 0 radical (unpaired) electrons. The van der Waals surface area contributed by atoms with Crippen molar-refractivity contribution in [2.24, 2.45) is 0 Å². The summed E-state index contributed by atoms with van der Waals surface area (Å²) >= 11 is 0. The monoisotopic (exact) mass is 222 g/mol. The summed E-state index contributed by atoms with van der Waals surface area (Å²) in [5.74, 6) is 0. The van der Waals surface area contributed by atoms with Gasteiger partial charge in [0.1, 0.15) is 5.60 Å². The summed E-state index contributed by atoms with van der Waals surface area (Å²) in [5.41, 5.74) is -3.01. The fourth-order valence-corrected chi connectivity index (χ4v) is 0.814. The maximum atomic E-state index is 11.5. The van der Waals surface area contributed by atoms with E-state index in [2.05, 4.69) is 5.32 Å². The first kappa shape index (κ1) is 9.42. The standard InChI is InChI=1S/C10H21NO4/c1-9(2,3)15-8(13)11-7(6-12)10(4,5)14/h7,12,14H,6H2,1-5H3,(H,11,13)/t7-/m1/s1/i4D3/t7-,10+. The van der Waals surface area contributed by atoms with Crippen LogP contribution in [-0.2, 0) is 4.74 Å². The fraction of sp³-hybridized carbons (Fsp3) is 0.900. The lowest BCUT2D eigenvalue weighted by Crippen LogP contribution is -2.52. The average Bonchev–Trinajstić information content (AvgIpc) is 2.08. The van der Waals surface area contributed by atoms with Crippen molar-refractivity contribution in [3.63, 3.8) is 0 Å². The van der Waals surface area contributed by atoms with Crippen LogP contribution in [0.15, 0.2) is 0 Å². The highest BCUT2D eigenvalue weighted by Gasteiger charge is 2.29. The highest BCUT2D eigenvalue weighted by molar-refractivity contribution is 5.68. The molecule has 0 aliphatic heterocycles. The zero-order chi connectivity index (χ0) is 14.8. The predicted octanol–water partition coefficient (Wildman–Crippen LogP) is 0.643. The second-order valence-electron chi connectivity index (χ2n) is 4.53. The third kappa shape index (κ3) is 6.30. The lowest BCUT2D eigenvalue weighted by molar-refractivity contribution is 0.00129. The summed E-state index contributed by atoms with van der Waals surface area (Å²) in [6.07, 6.45) is -0.897. The van der Waals surface area contributed by atoms with Gasteiger partial charge in [-0.15, -0.1) is 0 Å². The number of aliphatic hydroxyl groups excluding tert-OH is 1. The quantitative estimate of drug-likeness (QED) is 0.655. The van der Waals surface area contributed by atoms with Crippen LogP contribution in [0.1, 0.15) is 38.7 Å². The lowest BCUT2D eigenvalue weighted by Gasteiger charge is -2.29. The molecule has 5 nitrogen and oxygen atoms in total. The van der Waals surface area contributed by atoms with Crippen molar-refractivity contribution in [3.8, 4) is 0 Å². The molecule has 0 saturated carbocycles. The van der Waals surface area contributed by atoms with E-state index in [1.54, 1.807) is 20.8 Å². The Balaban J connectivity index is 4.78. The second-order valence-corrected chi connectivity index (χ2v) is 4.53. The Labute approximate surface area is 94.7 Å². The number of rotatable bonds is 3. The van der Waals surface area contributed by atoms with Crippen molar-refractivity contribution in [2.45, 2.75) is 51.8 Å². The van der Waals surface area contributed by atoms with Crippen LogP contribution in [0, 0.1) is 0 Å². The van der Waals surface area contributed by atoms with Gasteiger partial charge in [-0.2, -0.15) is 0 Å². The smallest absolute Gasteiger partial charge is 0.408 e. The highest BCUT2D eigenvalue weighted by Crippen LogP contribution is 2.10. The van der Waals surface area contributed by atoms with Gasteiger partial charge in [0.25, 0.3) is 0 Å². The van der Waals surface area contributed by atoms with E-state index in [1.807, 2.05) is 0 Å². The van der Waals surface area contributed by atoms with E-state index >= 15 is 0 Å². The number of hydrogen-bond acceptors (Lipinski definition) is 4. The Morgan fingerprint density at radius 2 is 2.07 bits per heavy atom. The minimum absolute atomic E-state index is 0.718. The summed E-state index contributed by atoms with van der Waals surface area (Å²) in [5, 5.41) is 21.1. The summed E-state index contributed by atoms with van der Waals surface area (Å²) in [4.78, 5) is 11.5. The first-order chi connectivity index (χ1) is 7.81. The van der Waals surface area contributed by atoms with Gasteiger partial charge in [-0.3, -0.25) is 0 Å². The molecule has 0 saturated heterocycles. The number of hydrogen-bond donors (Lipinski definition) is 3. The van der Waals surface area contributed by atoms with E-state index in [-0.39, 0.29) is 0 Å². The molecule has 1 amide bonds. The van der Waals surface area contributed by atoms with Crippen molar-refractivity contribution in [2.75, 3.05) is 6.61 Å². The predicted molar refractivity (Wildman–Crippen MR) is 56.5 cm³/mol. The molecule has 0 unspecified atom stereocenters. The Bertz CT molecular complexity index is 296. The fourth-order valence-electron chi connectivity index (χ4n) is 0.814. The van der Waals surface area contributed by atoms with Crippen LogP contribution in [0.25, 0.3) is 0 Å². The molecule has 0 aromatic carbocycles. The highest BCUT2D eigenvalue weighted by atomic mass is 16.6. The largest absolute Gasteiger partial charge is 0.444 e. The van der Waals surface area contributed by atoms with Crippen LogP contribution < -0.4 is 5.32 Å². The van der Waals surface area contributed by atoms with Crippen LogP contribution in [0.3, 0.4) is 0 Å². The van der Waals surface area contributed by atoms with Gasteiger partial charge in [0.15, 0.2) is 0 Å². The van der Waals surface area contributed by atoms with Crippen LogP contribution >= 0.6 is 0 Å². The van der Waals surface area contributed by atoms with E-state index in [0.29, 0.717) is 0 Å². The van der Waals surface area contributed by atoms with Crippen molar-refractivity contribution in [3.05, 3.63) is 0 Å². The second kappa shape index (κ2) is 4.81. The van der Waals surface area contributed by atoms with E-state index in [4.69, 9.17) is 14.0 Å². The zero-order valence-corrected chi connectivity index (χ0v) is 9.50. The number of amides is 1.